The standard InChI is InChI=1S/C11H20N2O4/c1-7(10(14)12(2)3)13(4)9-6-17-5-8(9)11(15)16/h7-9H,5-6H2,1-4H3,(H,15,16). The van der Waals surface area contributed by atoms with Crippen molar-refractivity contribution in [1.29, 1.82) is 0 Å². The highest BCUT2D eigenvalue weighted by atomic mass is 16.5. The third-order valence-corrected chi connectivity index (χ3v) is 3.30. The molecule has 0 aromatic carbocycles. The van der Waals surface area contributed by atoms with Gasteiger partial charge in [0.05, 0.1) is 25.2 Å². The Bertz CT molecular complexity index is 306. The summed E-state index contributed by atoms with van der Waals surface area (Å²) in [6.07, 6.45) is 0. The SMILES string of the molecule is CC(C(=O)N(C)C)N(C)C1COCC1C(=O)O. The van der Waals surface area contributed by atoms with Gasteiger partial charge in [0.25, 0.3) is 0 Å². The summed E-state index contributed by atoms with van der Waals surface area (Å²) in [7, 11) is 5.14. The van der Waals surface area contributed by atoms with Gasteiger partial charge in [0.1, 0.15) is 0 Å². The molecule has 1 N–H and O–H groups in total. The second-order valence-corrected chi connectivity index (χ2v) is 4.62. The summed E-state index contributed by atoms with van der Waals surface area (Å²) in [6, 6.07) is -0.593. The number of carboxylic acids is 1. The Hall–Kier alpha value is -1.14. The molecule has 1 rings (SSSR count). The molecule has 0 spiro atoms. The topological polar surface area (TPSA) is 70.1 Å². The third-order valence-electron chi connectivity index (χ3n) is 3.30. The Balaban J connectivity index is 2.72. The molecule has 1 aliphatic heterocycles. The highest BCUT2D eigenvalue weighted by Crippen LogP contribution is 2.21. The van der Waals surface area contributed by atoms with Gasteiger partial charge in [-0.2, -0.15) is 0 Å². The van der Waals surface area contributed by atoms with Gasteiger partial charge in [-0.1, -0.05) is 0 Å². The van der Waals surface area contributed by atoms with E-state index in [1.54, 1.807) is 33.0 Å². The quantitative estimate of drug-likeness (QED) is 0.721. The largest absolute Gasteiger partial charge is 0.481 e. The van der Waals surface area contributed by atoms with Crippen LogP contribution in [0.1, 0.15) is 6.92 Å². The number of amides is 1. The van der Waals surface area contributed by atoms with E-state index in [1.807, 2.05) is 0 Å². The molecule has 1 saturated heterocycles. The summed E-state index contributed by atoms with van der Waals surface area (Å²) in [5.41, 5.74) is 0. The average molecular weight is 244 g/mol. The first-order valence-electron chi connectivity index (χ1n) is 5.60. The fraction of sp³-hybridized carbons (Fsp3) is 0.818. The lowest BCUT2D eigenvalue weighted by Gasteiger charge is -2.32. The zero-order valence-corrected chi connectivity index (χ0v) is 10.7. The van der Waals surface area contributed by atoms with E-state index in [-0.39, 0.29) is 24.6 Å². The van der Waals surface area contributed by atoms with Crippen LogP contribution in [0.3, 0.4) is 0 Å². The third kappa shape index (κ3) is 2.95. The van der Waals surface area contributed by atoms with Crippen LogP contribution in [-0.2, 0) is 14.3 Å². The summed E-state index contributed by atoms with van der Waals surface area (Å²) in [4.78, 5) is 26.1. The number of hydrogen-bond acceptors (Lipinski definition) is 4. The molecule has 98 valence electrons. The van der Waals surface area contributed by atoms with Gasteiger partial charge in [0.2, 0.25) is 5.91 Å². The Labute approximate surface area is 101 Å². The molecule has 0 aromatic rings. The molecule has 3 unspecified atom stereocenters. The van der Waals surface area contributed by atoms with Crippen LogP contribution in [0.5, 0.6) is 0 Å². The number of nitrogens with zero attached hydrogens (tertiary/aromatic N) is 2. The summed E-state index contributed by atoms with van der Waals surface area (Å²) in [5.74, 6) is -1.47. The van der Waals surface area contributed by atoms with Crippen molar-refractivity contribution in [2.45, 2.75) is 19.0 Å². The van der Waals surface area contributed by atoms with Crippen molar-refractivity contribution < 1.29 is 19.4 Å². The maximum Gasteiger partial charge on any atom is 0.310 e. The lowest BCUT2D eigenvalue weighted by atomic mass is 10.0. The van der Waals surface area contributed by atoms with E-state index in [4.69, 9.17) is 9.84 Å². The number of likely N-dealkylation sites (N-methyl/N-ethyl adjacent to an activating group) is 2. The first kappa shape index (κ1) is 13.9. The smallest absolute Gasteiger partial charge is 0.310 e. The Morgan fingerprint density at radius 2 is 1.88 bits per heavy atom. The molecule has 17 heavy (non-hydrogen) atoms. The molecule has 1 aliphatic rings. The minimum atomic E-state index is -0.871. The fourth-order valence-corrected chi connectivity index (χ4v) is 2.02. The Morgan fingerprint density at radius 1 is 1.29 bits per heavy atom. The highest BCUT2D eigenvalue weighted by molar-refractivity contribution is 5.81. The van der Waals surface area contributed by atoms with Crippen LogP contribution in [0, 0.1) is 5.92 Å². The van der Waals surface area contributed by atoms with E-state index >= 15 is 0 Å². The van der Waals surface area contributed by atoms with Crippen molar-refractivity contribution in [1.82, 2.24) is 9.80 Å². The van der Waals surface area contributed by atoms with Gasteiger partial charge in [0.15, 0.2) is 0 Å². The molecular weight excluding hydrogens is 224 g/mol. The zero-order chi connectivity index (χ0) is 13.2. The van der Waals surface area contributed by atoms with E-state index in [1.165, 1.54) is 4.90 Å². The molecule has 0 bridgehead atoms. The molecule has 1 amide bonds. The number of rotatable bonds is 4. The Morgan fingerprint density at radius 3 is 2.35 bits per heavy atom. The lowest BCUT2D eigenvalue weighted by Crippen LogP contribution is -2.50. The van der Waals surface area contributed by atoms with Gasteiger partial charge >= 0.3 is 5.97 Å². The number of ether oxygens (including phenoxy) is 1. The van der Waals surface area contributed by atoms with Crippen LogP contribution in [0.25, 0.3) is 0 Å². The number of carbonyl (C=O) groups is 2. The predicted octanol–water partition coefficient (Wildman–Crippen LogP) is -0.505. The predicted molar refractivity (Wildman–Crippen MR) is 61.7 cm³/mol. The van der Waals surface area contributed by atoms with Gasteiger partial charge in [-0.05, 0) is 14.0 Å². The minimum absolute atomic E-state index is 0.0384. The Kier molecular flexibility index (Phi) is 4.47. The number of aliphatic carboxylic acids is 1. The van der Waals surface area contributed by atoms with E-state index < -0.39 is 11.9 Å². The lowest BCUT2D eigenvalue weighted by molar-refractivity contribution is -0.145. The van der Waals surface area contributed by atoms with Crippen molar-refractivity contribution in [2.24, 2.45) is 5.92 Å². The van der Waals surface area contributed by atoms with Gasteiger partial charge in [-0.15, -0.1) is 0 Å². The minimum Gasteiger partial charge on any atom is -0.481 e. The van der Waals surface area contributed by atoms with Crippen LogP contribution >= 0.6 is 0 Å². The molecule has 1 fully saturated rings. The van der Waals surface area contributed by atoms with Crippen molar-refractivity contribution in [3.05, 3.63) is 0 Å². The molecule has 1 heterocycles. The van der Waals surface area contributed by atoms with E-state index in [0.717, 1.165) is 0 Å². The number of hydrogen-bond donors (Lipinski definition) is 1. The van der Waals surface area contributed by atoms with Gasteiger partial charge in [-0.25, -0.2) is 0 Å². The van der Waals surface area contributed by atoms with Crippen LogP contribution < -0.4 is 0 Å². The monoisotopic (exact) mass is 244 g/mol. The summed E-state index contributed by atoms with van der Waals surface area (Å²) >= 11 is 0. The van der Waals surface area contributed by atoms with E-state index in [2.05, 4.69) is 0 Å². The molecule has 0 aliphatic carbocycles. The maximum absolute atomic E-state index is 11.8. The van der Waals surface area contributed by atoms with Gasteiger partial charge < -0.3 is 14.7 Å². The zero-order valence-electron chi connectivity index (χ0n) is 10.7. The van der Waals surface area contributed by atoms with E-state index in [0.29, 0.717) is 6.61 Å². The molecule has 3 atom stereocenters. The second kappa shape index (κ2) is 5.46. The molecule has 6 nitrogen and oxygen atoms in total. The van der Waals surface area contributed by atoms with Crippen LogP contribution in [-0.4, -0.2) is 73.2 Å². The van der Waals surface area contributed by atoms with Gasteiger partial charge in [0, 0.05) is 20.1 Å². The molecule has 0 saturated carbocycles. The van der Waals surface area contributed by atoms with E-state index in [9.17, 15) is 9.59 Å². The number of carboxylic acid groups (broad SMARTS) is 1. The molecular formula is C11H20N2O4. The summed E-state index contributed by atoms with van der Waals surface area (Å²) in [5, 5.41) is 9.06. The average Bonchev–Trinajstić information content (AvgIpc) is 2.74. The first-order valence-corrected chi connectivity index (χ1v) is 5.60. The molecule has 6 heteroatoms. The normalized spacial score (nSPS) is 25.9. The molecule has 0 aromatic heterocycles. The van der Waals surface area contributed by atoms with Crippen molar-refractivity contribution in [2.75, 3.05) is 34.4 Å². The van der Waals surface area contributed by atoms with Crippen LogP contribution in [0.4, 0.5) is 0 Å². The summed E-state index contributed by atoms with van der Waals surface area (Å²) < 4.78 is 5.20. The molecule has 0 radical (unpaired) electrons. The fourth-order valence-electron chi connectivity index (χ4n) is 2.02. The van der Waals surface area contributed by atoms with Crippen LogP contribution in [0.15, 0.2) is 0 Å². The second-order valence-electron chi connectivity index (χ2n) is 4.62. The number of carbonyl (C=O) groups excluding carboxylic acids is 1. The summed E-state index contributed by atoms with van der Waals surface area (Å²) in [6.45, 7) is 2.35. The van der Waals surface area contributed by atoms with Crippen molar-refractivity contribution in [3.8, 4) is 0 Å². The first-order chi connectivity index (χ1) is 7.86. The highest BCUT2D eigenvalue weighted by Gasteiger charge is 2.39. The van der Waals surface area contributed by atoms with Gasteiger partial charge in [-0.3, -0.25) is 14.5 Å². The maximum atomic E-state index is 11.8. The van der Waals surface area contributed by atoms with Crippen molar-refractivity contribution in [3.63, 3.8) is 0 Å². The van der Waals surface area contributed by atoms with Crippen LogP contribution in [0.2, 0.25) is 0 Å². The van der Waals surface area contributed by atoms with Crippen molar-refractivity contribution >= 4 is 11.9 Å².